The summed E-state index contributed by atoms with van der Waals surface area (Å²) in [6.07, 6.45) is -3.86. The molecule has 1 saturated carbocycles. The highest BCUT2D eigenvalue weighted by Crippen LogP contribution is 2.30. The second-order valence-electron chi connectivity index (χ2n) is 5.29. The van der Waals surface area contributed by atoms with E-state index in [-0.39, 0.29) is 12.6 Å². The molecule has 0 aliphatic heterocycles. The van der Waals surface area contributed by atoms with Gasteiger partial charge in [0.15, 0.2) is 0 Å². The Hall–Kier alpha value is -1.11. The van der Waals surface area contributed by atoms with Gasteiger partial charge in [-0.3, -0.25) is 0 Å². The van der Waals surface area contributed by atoms with Crippen LogP contribution in [0.4, 0.5) is 13.2 Å². The number of hydrogen-bond acceptors (Lipinski definition) is 3. The molecule has 1 aliphatic carbocycles. The second-order valence-corrected chi connectivity index (χ2v) is 5.29. The van der Waals surface area contributed by atoms with E-state index in [0.717, 1.165) is 25.0 Å². The van der Waals surface area contributed by atoms with Gasteiger partial charge in [-0.25, -0.2) is 0 Å². The lowest BCUT2D eigenvalue weighted by Crippen LogP contribution is -2.37. The molecule has 2 rings (SSSR count). The fraction of sp³-hybridized carbons (Fsp3) is 0.571. The van der Waals surface area contributed by atoms with Crippen LogP contribution in [-0.2, 0) is 6.18 Å². The van der Waals surface area contributed by atoms with Crippen molar-refractivity contribution in [3.8, 4) is 0 Å². The Balaban J connectivity index is 1.78. The molecule has 0 saturated heterocycles. The zero-order valence-electron chi connectivity index (χ0n) is 10.9. The van der Waals surface area contributed by atoms with Gasteiger partial charge in [0.1, 0.15) is 0 Å². The average molecular weight is 289 g/mol. The SMILES string of the molecule is OC1CC(CNCC(O)c2ccc(C(F)(F)F)cc2)C1. The summed E-state index contributed by atoms with van der Waals surface area (Å²) in [6.45, 7) is 0.993. The predicted molar refractivity (Wildman–Crippen MR) is 68.0 cm³/mol. The molecule has 0 radical (unpaired) electrons. The van der Waals surface area contributed by atoms with Crippen molar-refractivity contribution in [2.24, 2.45) is 5.92 Å². The molecule has 1 unspecified atom stereocenters. The van der Waals surface area contributed by atoms with E-state index >= 15 is 0 Å². The van der Waals surface area contributed by atoms with Gasteiger partial charge in [-0.05, 0) is 43.0 Å². The number of alkyl halides is 3. The van der Waals surface area contributed by atoms with Crippen molar-refractivity contribution < 1.29 is 23.4 Å². The van der Waals surface area contributed by atoms with Crippen LogP contribution in [0.5, 0.6) is 0 Å². The Kier molecular flexibility index (Phi) is 4.67. The Labute approximate surface area is 115 Å². The Morgan fingerprint density at radius 1 is 1.20 bits per heavy atom. The lowest BCUT2D eigenvalue weighted by atomic mass is 9.82. The lowest BCUT2D eigenvalue weighted by Gasteiger charge is -2.31. The molecule has 3 N–H and O–H groups in total. The number of nitrogens with one attached hydrogen (secondary N) is 1. The van der Waals surface area contributed by atoms with Gasteiger partial charge in [-0.1, -0.05) is 12.1 Å². The van der Waals surface area contributed by atoms with Crippen LogP contribution < -0.4 is 5.32 Å². The van der Waals surface area contributed by atoms with Crippen molar-refractivity contribution in [3.63, 3.8) is 0 Å². The number of benzene rings is 1. The van der Waals surface area contributed by atoms with Gasteiger partial charge < -0.3 is 15.5 Å². The van der Waals surface area contributed by atoms with Crippen LogP contribution in [0, 0.1) is 5.92 Å². The first-order valence-electron chi connectivity index (χ1n) is 6.60. The molecular weight excluding hydrogens is 271 g/mol. The van der Waals surface area contributed by atoms with Gasteiger partial charge in [0.05, 0.1) is 17.8 Å². The minimum absolute atomic E-state index is 0.207. The van der Waals surface area contributed by atoms with E-state index in [0.29, 0.717) is 18.0 Å². The summed E-state index contributed by atoms with van der Waals surface area (Å²) >= 11 is 0. The number of halogens is 3. The van der Waals surface area contributed by atoms with Crippen molar-refractivity contribution in [1.29, 1.82) is 0 Å². The summed E-state index contributed by atoms with van der Waals surface area (Å²) in [5.74, 6) is 0.421. The molecule has 20 heavy (non-hydrogen) atoms. The minimum atomic E-state index is -4.35. The molecule has 1 aromatic carbocycles. The van der Waals surface area contributed by atoms with Crippen molar-refractivity contribution in [2.75, 3.05) is 13.1 Å². The zero-order chi connectivity index (χ0) is 14.8. The van der Waals surface area contributed by atoms with Gasteiger partial charge in [0.2, 0.25) is 0 Å². The van der Waals surface area contributed by atoms with Crippen molar-refractivity contribution >= 4 is 0 Å². The first-order valence-corrected chi connectivity index (χ1v) is 6.60. The van der Waals surface area contributed by atoms with Crippen LogP contribution in [0.1, 0.15) is 30.1 Å². The van der Waals surface area contributed by atoms with E-state index in [1.807, 2.05) is 0 Å². The number of hydrogen-bond donors (Lipinski definition) is 3. The van der Waals surface area contributed by atoms with Crippen molar-refractivity contribution in [3.05, 3.63) is 35.4 Å². The summed E-state index contributed by atoms with van der Waals surface area (Å²) in [6, 6.07) is 4.53. The molecule has 112 valence electrons. The summed E-state index contributed by atoms with van der Waals surface area (Å²) < 4.78 is 37.2. The van der Waals surface area contributed by atoms with E-state index in [1.165, 1.54) is 12.1 Å². The van der Waals surface area contributed by atoms with E-state index in [1.54, 1.807) is 0 Å². The third-order valence-electron chi connectivity index (χ3n) is 3.60. The Morgan fingerprint density at radius 3 is 2.30 bits per heavy atom. The van der Waals surface area contributed by atoms with Crippen LogP contribution >= 0.6 is 0 Å². The highest BCUT2D eigenvalue weighted by molar-refractivity contribution is 5.26. The average Bonchev–Trinajstić information content (AvgIpc) is 2.35. The maximum absolute atomic E-state index is 12.4. The van der Waals surface area contributed by atoms with Crippen LogP contribution in [0.25, 0.3) is 0 Å². The molecule has 1 aliphatic rings. The predicted octanol–water partition coefficient (Wildman–Crippen LogP) is 2.10. The van der Waals surface area contributed by atoms with Crippen LogP contribution in [0.2, 0.25) is 0 Å². The molecule has 3 nitrogen and oxygen atoms in total. The standard InChI is InChI=1S/C14H18F3NO2/c15-14(16,17)11-3-1-10(2-4-11)13(20)8-18-7-9-5-12(19)6-9/h1-4,9,12-13,18-20H,5-8H2. The summed E-state index contributed by atoms with van der Waals surface area (Å²) in [5.41, 5.74) is -0.260. The lowest BCUT2D eigenvalue weighted by molar-refractivity contribution is -0.137. The second kappa shape index (κ2) is 6.11. The van der Waals surface area contributed by atoms with Crippen molar-refractivity contribution in [1.82, 2.24) is 5.32 Å². The number of aliphatic hydroxyl groups is 2. The third kappa shape index (κ3) is 3.94. The third-order valence-corrected chi connectivity index (χ3v) is 3.60. The summed E-state index contributed by atoms with van der Waals surface area (Å²) in [5, 5.41) is 22.1. The first kappa shape index (κ1) is 15.3. The minimum Gasteiger partial charge on any atom is -0.393 e. The highest BCUT2D eigenvalue weighted by Gasteiger charge is 2.30. The van der Waals surface area contributed by atoms with E-state index < -0.39 is 17.8 Å². The normalized spacial score (nSPS) is 24.2. The molecule has 0 spiro atoms. The van der Waals surface area contributed by atoms with Crippen LogP contribution in [-0.4, -0.2) is 29.4 Å². The largest absolute Gasteiger partial charge is 0.416 e. The van der Waals surface area contributed by atoms with Gasteiger partial charge >= 0.3 is 6.18 Å². The Morgan fingerprint density at radius 2 is 1.80 bits per heavy atom. The van der Waals surface area contributed by atoms with Gasteiger partial charge in [0.25, 0.3) is 0 Å². The fourth-order valence-electron chi connectivity index (χ4n) is 2.30. The van der Waals surface area contributed by atoms with Crippen LogP contribution in [0.3, 0.4) is 0 Å². The molecule has 0 aromatic heterocycles. The topological polar surface area (TPSA) is 52.5 Å². The smallest absolute Gasteiger partial charge is 0.393 e. The van der Waals surface area contributed by atoms with Crippen molar-refractivity contribution in [2.45, 2.75) is 31.2 Å². The van der Waals surface area contributed by atoms with E-state index in [4.69, 9.17) is 5.11 Å². The maximum atomic E-state index is 12.4. The molecule has 0 bridgehead atoms. The molecule has 0 heterocycles. The molecule has 0 amide bonds. The van der Waals surface area contributed by atoms with E-state index in [2.05, 4.69) is 5.32 Å². The quantitative estimate of drug-likeness (QED) is 0.778. The van der Waals surface area contributed by atoms with E-state index in [9.17, 15) is 18.3 Å². The monoisotopic (exact) mass is 289 g/mol. The Bertz CT molecular complexity index is 427. The maximum Gasteiger partial charge on any atom is 0.416 e. The zero-order valence-corrected chi connectivity index (χ0v) is 10.9. The van der Waals surface area contributed by atoms with Gasteiger partial charge in [-0.15, -0.1) is 0 Å². The van der Waals surface area contributed by atoms with Gasteiger partial charge in [0, 0.05) is 6.54 Å². The molecule has 1 fully saturated rings. The summed E-state index contributed by atoms with van der Waals surface area (Å²) in [7, 11) is 0. The highest BCUT2D eigenvalue weighted by atomic mass is 19.4. The van der Waals surface area contributed by atoms with Gasteiger partial charge in [-0.2, -0.15) is 13.2 Å². The number of rotatable bonds is 5. The summed E-state index contributed by atoms with van der Waals surface area (Å²) in [4.78, 5) is 0. The molecule has 1 atom stereocenters. The molecule has 1 aromatic rings. The molecule has 6 heteroatoms. The van der Waals surface area contributed by atoms with Crippen LogP contribution in [0.15, 0.2) is 24.3 Å². The first-order chi connectivity index (χ1) is 9.36. The fourth-order valence-corrected chi connectivity index (χ4v) is 2.30. The molecular formula is C14H18F3NO2. The number of aliphatic hydroxyl groups excluding tert-OH is 2.